The van der Waals surface area contributed by atoms with Crippen molar-refractivity contribution in [2.45, 2.75) is 44.6 Å². The zero-order valence-corrected chi connectivity index (χ0v) is 15.7. The third-order valence-corrected chi connectivity index (χ3v) is 3.80. The van der Waals surface area contributed by atoms with Crippen LogP contribution in [0.4, 0.5) is 5.69 Å². The second-order valence-corrected chi connectivity index (χ2v) is 5.88. The monoisotopic (exact) mass is 378 g/mol. The standard InChI is InChI=1S/C19H26N2O6/c1-26-18(24)13-12-15(19(25)27-2)21-17(23)11-7-6-10-16(22)20-14-8-4-3-5-9-14/h3-5,8-9,15H,6-7,10-13H2,1-2H3,(H,20,22)(H,21,23)/t15-/m0/s1. The Hall–Kier alpha value is -2.90. The average molecular weight is 378 g/mol. The minimum Gasteiger partial charge on any atom is -0.469 e. The number of amides is 2. The van der Waals surface area contributed by atoms with Crippen LogP contribution in [0.1, 0.15) is 38.5 Å². The van der Waals surface area contributed by atoms with E-state index in [9.17, 15) is 19.2 Å². The molecule has 1 atom stereocenters. The Morgan fingerprint density at radius 2 is 1.52 bits per heavy atom. The molecule has 1 aromatic rings. The van der Waals surface area contributed by atoms with Gasteiger partial charge in [-0.15, -0.1) is 0 Å². The topological polar surface area (TPSA) is 111 Å². The van der Waals surface area contributed by atoms with Crippen LogP contribution in [-0.2, 0) is 28.7 Å². The van der Waals surface area contributed by atoms with Crippen LogP contribution in [0.15, 0.2) is 30.3 Å². The fraction of sp³-hybridized carbons (Fsp3) is 0.474. The lowest BCUT2D eigenvalue weighted by Gasteiger charge is -2.16. The van der Waals surface area contributed by atoms with Gasteiger partial charge in [0.1, 0.15) is 6.04 Å². The molecule has 0 spiro atoms. The maximum Gasteiger partial charge on any atom is 0.328 e. The minimum atomic E-state index is -0.900. The number of carbonyl (C=O) groups is 4. The van der Waals surface area contributed by atoms with Gasteiger partial charge in [-0.1, -0.05) is 18.2 Å². The molecule has 0 heterocycles. The van der Waals surface area contributed by atoms with Crippen LogP contribution in [0.25, 0.3) is 0 Å². The molecule has 0 saturated heterocycles. The molecule has 2 amide bonds. The summed E-state index contributed by atoms with van der Waals surface area (Å²) in [5.41, 5.74) is 0.728. The van der Waals surface area contributed by atoms with Crippen LogP contribution >= 0.6 is 0 Å². The van der Waals surface area contributed by atoms with Gasteiger partial charge in [0, 0.05) is 24.9 Å². The summed E-state index contributed by atoms with van der Waals surface area (Å²) in [5.74, 6) is -1.54. The largest absolute Gasteiger partial charge is 0.469 e. The van der Waals surface area contributed by atoms with Gasteiger partial charge >= 0.3 is 11.9 Å². The Kier molecular flexibility index (Phi) is 10.2. The zero-order chi connectivity index (χ0) is 20.1. The van der Waals surface area contributed by atoms with Gasteiger partial charge in [0.05, 0.1) is 14.2 Å². The van der Waals surface area contributed by atoms with E-state index >= 15 is 0 Å². The number of ether oxygens (including phenoxy) is 2. The van der Waals surface area contributed by atoms with E-state index in [1.165, 1.54) is 14.2 Å². The van der Waals surface area contributed by atoms with E-state index in [1.807, 2.05) is 18.2 Å². The molecule has 0 fully saturated rings. The van der Waals surface area contributed by atoms with Crippen molar-refractivity contribution in [3.8, 4) is 0 Å². The van der Waals surface area contributed by atoms with Crippen LogP contribution < -0.4 is 10.6 Å². The summed E-state index contributed by atoms with van der Waals surface area (Å²) in [6.45, 7) is 0. The molecule has 8 heteroatoms. The first-order valence-corrected chi connectivity index (χ1v) is 8.75. The van der Waals surface area contributed by atoms with Gasteiger partial charge in [-0.3, -0.25) is 14.4 Å². The molecule has 0 saturated carbocycles. The highest BCUT2D eigenvalue weighted by atomic mass is 16.5. The van der Waals surface area contributed by atoms with E-state index in [-0.39, 0.29) is 31.1 Å². The Labute approximate surface area is 158 Å². The van der Waals surface area contributed by atoms with Crippen LogP contribution in [0, 0.1) is 0 Å². The van der Waals surface area contributed by atoms with Crippen molar-refractivity contribution in [2.75, 3.05) is 19.5 Å². The van der Waals surface area contributed by atoms with Crippen molar-refractivity contribution in [3.63, 3.8) is 0 Å². The number of unbranched alkanes of at least 4 members (excludes halogenated alkanes) is 1. The molecule has 0 aliphatic carbocycles. The number of carbonyl (C=O) groups excluding carboxylic acids is 4. The van der Waals surface area contributed by atoms with Crippen molar-refractivity contribution in [2.24, 2.45) is 0 Å². The number of nitrogens with one attached hydrogen (secondary N) is 2. The van der Waals surface area contributed by atoms with E-state index in [0.29, 0.717) is 19.3 Å². The van der Waals surface area contributed by atoms with Crippen LogP contribution in [0.2, 0.25) is 0 Å². The summed E-state index contributed by atoms with van der Waals surface area (Å²) in [5, 5.41) is 5.33. The smallest absolute Gasteiger partial charge is 0.328 e. The van der Waals surface area contributed by atoms with Gasteiger partial charge < -0.3 is 20.1 Å². The number of benzene rings is 1. The van der Waals surface area contributed by atoms with Gasteiger partial charge in [-0.05, 0) is 31.4 Å². The third-order valence-electron chi connectivity index (χ3n) is 3.80. The first-order valence-electron chi connectivity index (χ1n) is 8.75. The Bertz CT molecular complexity index is 632. The molecule has 27 heavy (non-hydrogen) atoms. The fourth-order valence-electron chi connectivity index (χ4n) is 2.34. The molecule has 2 N–H and O–H groups in total. The van der Waals surface area contributed by atoms with Crippen LogP contribution in [-0.4, -0.2) is 44.0 Å². The molecule has 8 nitrogen and oxygen atoms in total. The van der Waals surface area contributed by atoms with Crippen LogP contribution in [0.5, 0.6) is 0 Å². The van der Waals surface area contributed by atoms with E-state index in [4.69, 9.17) is 0 Å². The number of hydrogen-bond donors (Lipinski definition) is 2. The lowest BCUT2D eigenvalue weighted by Crippen LogP contribution is -2.41. The van der Waals surface area contributed by atoms with E-state index < -0.39 is 18.0 Å². The van der Waals surface area contributed by atoms with Gasteiger partial charge in [-0.2, -0.15) is 0 Å². The molecule has 1 rings (SSSR count). The second-order valence-electron chi connectivity index (χ2n) is 5.88. The number of rotatable bonds is 11. The Morgan fingerprint density at radius 3 is 2.11 bits per heavy atom. The number of anilines is 1. The highest BCUT2D eigenvalue weighted by Crippen LogP contribution is 2.08. The lowest BCUT2D eigenvalue weighted by atomic mass is 10.1. The van der Waals surface area contributed by atoms with Gasteiger partial charge in [0.15, 0.2) is 0 Å². The summed E-state index contributed by atoms with van der Waals surface area (Å²) in [7, 11) is 2.47. The van der Waals surface area contributed by atoms with E-state index in [0.717, 1.165) is 5.69 Å². The summed E-state index contributed by atoms with van der Waals surface area (Å²) in [6.07, 6.45) is 1.60. The highest BCUT2D eigenvalue weighted by molar-refractivity contribution is 5.90. The quantitative estimate of drug-likeness (QED) is 0.449. The number of esters is 2. The SMILES string of the molecule is COC(=O)CC[C@H](NC(=O)CCCCC(=O)Nc1ccccc1)C(=O)OC. The molecule has 0 radical (unpaired) electrons. The van der Waals surface area contributed by atoms with Crippen molar-refractivity contribution in [1.29, 1.82) is 0 Å². The fourth-order valence-corrected chi connectivity index (χ4v) is 2.34. The number of methoxy groups -OCH3 is 2. The Morgan fingerprint density at radius 1 is 0.889 bits per heavy atom. The first-order chi connectivity index (χ1) is 13.0. The maximum atomic E-state index is 12.0. The minimum absolute atomic E-state index is 0.00377. The average Bonchev–Trinajstić information content (AvgIpc) is 2.68. The molecule has 0 unspecified atom stereocenters. The van der Waals surface area contributed by atoms with Crippen molar-refractivity contribution in [1.82, 2.24) is 5.32 Å². The summed E-state index contributed by atoms with van der Waals surface area (Å²) >= 11 is 0. The zero-order valence-electron chi connectivity index (χ0n) is 15.7. The number of hydrogen-bond acceptors (Lipinski definition) is 6. The van der Waals surface area contributed by atoms with Crippen LogP contribution in [0.3, 0.4) is 0 Å². The molecule has 0 bridgehead atoms. The molecule has 0 aliphatic rings. The van der Waals surface area contributed by atoms with Crippen molar-refractivity contribution in [3.05, 3.63) is 30.3 Å². The predicted molar refractivity (Wildman–Crippen MR) is 98.7 cm³/mol. The van der Waals surface area contributed by atoms with E-state index in [1.54, 1.807) is 12.1 Å². The molecule has 148 valence electrons. The molecular formula is C19H26N2O6. The van der Waals surface area contributed by atoms with Gasteiger partial charge in [-0.25, -0.2) is 4.79 Å². The van der Waals surface area contributed by atoms with Crippen molar-refractivity contribution < 1.29 is 28.7 Å². The highest BCUT2D eigenvalue weighted by Gasteiger charge is 2.22. The van der Waals surface area contributed by atoms with Gasteiger partial charge in [0.2, 0.25) is 11.8 Å². The predicted octanol–water partition coefficient (Wildman–Crippen LogP) is 1.80. The second kappa shape index (κ2) is 12.5. The normalized spacial score (nSPS) is 11.2. The molecule has 0 aliphatic heterocycles. The summed E-state index contributed by atoms with van der Waals surface area (Å²) < 4.78 is 9.16. The summed E-state index contributed by atoms with van der Waals surface area (Å²) in [4.78, 5) is 46.7. The van der Waals surface area contributed by atoms with Crippen molar-refractivity contribution >= 4 is 29.4 Å². The van der Waals surface area contributed by atoms with E-state index in [2.05, 4.69) is 20.1 Å². The first kappa shape index (κ1) is 22.1. The molecule has 0 aromatic heterocycles. The Balaban J connectivity index is 2.29. The van der Waals surface area contributed by atoms with Gasteiger partial charge in [0.25, 0.3) is 0 Å². The lowest BCUT2D eigenvalue weighted by molar-refractivity contribution is -0.146. The maximum absolute atomic E-state index is 12.0. The molecular weight excluding hydrogens is 352 g/mol. The summed E-state index contributed by atoms with van der Waals surface area (Å²) in [6, 6.07) is 8.22. The number of para-hydroxylation sites is 1. The molecule has 1 aromatic carbocycles. The third kappa shape index (κ3) is 9.39.